The Kier molecular flexibility index (Phi) is 5.12. The second-order valence-electron chi connectivity index (χ2n) is 4.44. The van der Waals surface area contributed by atoms with Crippen molar-refractivity contribution < 1.29 is 8.42 Å². The molecule has 0 aliphatic rings. The summed E-state index contributed by atoms with van der Waals surface area (Å²) >= 11 is 1.64. The van der Waals surface area contributed by atoms with E-state index in [1.807, 2.05) is 36.5 Å². The van der Waals surface area contributed by atoms with Gasteiger partial charge in [0.25, 0.3) is 0 Å². The van der Waals surface area contributed by atoms with Crippen LogP contribution in [0, 0.1) is 0 Å². The van der Waals surface area contributed by atoms with Crippen molar-refractivity contribution in [3.05, 3.63) is 22.4 Å². The summed E-state index contributed by atoms with van der Waals surface area (Å²) in [5.41, 5.74) is 0. The van der Waals surface area contributed by atoms with Gasteiger partial charge in [0, 0.05) is 11.4 Å². The molecule has 1 N–H and O–H groups in total. The molecule has 1 unspecified atom stereocenters. The Balaban J connectivity index is 2.71. The van der Waals surface area contributed by atoms with Crippen molar-refractivity contribution in [2.45, 2.75) is 25.1 Å². The van der Waals surface area contributed by atoms with Crippen LogP contribution in [0.25, 0.3) is 0 Å². The Hall–Kier alpha value is -0.430. The smallest absolute Gasteiger partial charge is 0.213 e. The predicted molar refractivity (Wildman–Crippen MR) is 72.8 cm³/mol. The molecule has 6 heteroatoms. The van der Waals surface area contributed by atoms with Crippen LogP contribution in [-0.4, -0.2) is 39.2 Å². The quantitative estimate of drug-likeness (QED) is 0.860. The van der Waals surface area contributed by atoms with Gasteiger partial charge in [0.2, 0.25) is 10.0 Å². The maximum Gasteiger partial charge on any atom is 0.213 e. The average Bonchev–Trinajstić information content (AvgIpc) is 2.70. The van der Waals surface area contributed by atoms with E-state index in [1.54, 1.807) is 25.2 Å². The molecule has 98 valence electrons. The molecule has 1 aromatic heterocycles. The molecule has 0 saturated carbocycles. The molecule has 0 radical (unpaired) electrons. The molecule has 0 fully saturated rings. The Morgan fingerprint density at radius 1 is 1.41 bits per heavy atom. The van der Waals surface area contributed by atoms with Gasteiger partial charge in [-0.05, 0) is 39.4 Å². The van der Waals surface area contributed by atoms with Crippen LogP contribution in [0.3, 0.4) is 0 Å². The fourth-order valence-electron chi connectivity index (χ4n) is 1.38. The Morgan fingerprint density at radius 3 is 2.47 bits per heavy atom. The maximum atomic E-state index is 11.7. The molecular weight excluding hydrogens is 256 g/mol. The molecule has 17 heavy (non-hydrogen) atoms. The molecule has 1 heterocycles. The van der Waals surface area contributed by atoms with E-state index in [2.05, 4.69) is 4.72 Å². The minimum absolute atomic E-state index is 0.0866. The van der Waals surface area contributed by atoms with Crippen LogP contribution in [0.4, 0.5) is 0 Å². The number of nitrogens with one attached hydrogen (secondary N) is 1. The van der Waals surface area contributed by atoms with Crippen LogP contribution < -0.4 is 4.72 Å². The Labute approximate surface area is 108 Å². The van der Waals surface area contributed by atoms with Gasteiger partial charge >= 0.3 is 0 Å². The molecular formula is C11H20N2O2S2. The van der Waals surface area contributed by atoms with E-state index in [0.717, 1.165) is 0 Å². The summed E-state index contributed by atoms with van der Waals surface area (Å²) in [4.78, 5) is 3.19. The van der Waals surface area contributed by atoms with E-state index in [-0.39, 0.29) is 6.04 Å². The highest BCUT2D eigenvalue weighted by Gasteiger charge is 2.20. The minimum Gasteiger partial charge on any atom is -0.300 e. The first-order valence-corrected chi connectivity index (χ1v) is 7.95. The highest BCUT2D eigenvalue weighted by Crippen LogP contribution is 2.22. The average molecular weight is 276 g/mol. The molecule has 0 amide bonds. The fraction of sp³-hybridized carbons (Fsp3) is 0.636. The van der Waals surface area contributed by atoms with E-state index >= 15 is 0 Å². The van der Waals surface area contributed by atoms with Gasteiger partial charge in [-0.3, -0.25) is 0 Å². The molecule has 1 aromatic rings. The third kappa shape index (κ3) is 4.06. The Morgan fingerprint density at radius 2 is 2.06 bits per heavy atom. The third-order valence-electron chi connectivity index (χ3n) is 2.59. The summed E-state index contributed by atoms with van der Waals surface area (Å²) in [7, 11) is 0.715. The van der Waals surface area contributed by atoms with Gasteiger partial charge in [-0.25, -0.2) is 13.1 Å². The number of nitrogens with zero attached hydrogens (tertiary/aromatic N) is 1. The van der Waals surface area contributed by atoms with Gasteiger partial charge in [-0.15, -0.1) is 11.3 Å². The number of hydrogen-bond acceptors (Lipinski definition) is 4. The second-order valence-corrected chi connectivity index (χ2v) is 7.74. The van der Waals surface area contributed by atoms with Crippen molar-refractivity contribution in [1.82, 2.24) is 9.62 Å². The van der Waals surface area contributed by atoms with Crippen molar-refractivity contribution in [1.29, 1.82) is 0 Å². The molecule has 0 aliphatic heterocycles. The lowest BCUT2D eigenvalue weighted by Gasteiger charge is -2.24. The predicted octanol–water partition coefficient (Wildman–Crippen LogP) is 1.68. The molecule has 1 atom stereocenters. The summed E-state index contributed by atoms with van der Waals surface area (Å²) in [6.07, 6.45) is 0. The van der Waals surface area contributed by atoms with Crippen LogP contribution in [0.2, 0.25) is 0 Å². The molecule has 1 rings (SSSR count). The summed E-state index contributed by atoms with van der Waals surface area (Å²) in [5.74, 6) is 0. The lowest BCUT2D eigenvalue weighted by atomic mass is 10.2. The van der Waals surface area contributed by atoms with Gasteiger partial charge in [0.05, 0.1) is 11.3 Å². The second kappa shape index (κ2) is 5.95. The van der Waals surface area contributed by atoms with Crippen LogP contribution in [0.15, 0.2) is 17.5 Å². The standard InChI is InChI=1S/C11H20N2O2S2/c1-9(2)17(14,15)12-8-10(13(3)4)11-6-5-7-16-11/h5-7,9-10,12H,8H2,1-4H3. The molecule has 0 saturated heterocycles. The van der Waals surface area contributed by atoms with Crippen molar-refractivity contribution in [2.75, 3.05) is 20.6 Å². The number of thiophene rings is 1. The molecule has 0 bridgehead atoms. The van der Waals surface area contributed by atoms with Crippen molar-refractivity contribution in [2.24, 2.45) is 0 Å². The lowest BCUT2D eigenvalue weighted by Crippen LogP contribution is -2.37. The van der Waals surface area contributed by atoms with Crippen LogP contribution >= 0.6 is 11.3 Å². The van der Waals surface area contributed by atoms with Gasteiger partial charge in [-0.2, -0.15) is 0 Å². The van der Waals surface area contributed by atoms with E-state index in [0.29, 0.717) is 6.54 Å². The van der Waals surface area contributed by atoms with Gasteiger partial charge < -0.3 is 4.90 Å². The maximum absolute atomic E-state index is 11.7. The third-order valence-corrected chi connectivity index (χ3v) is 5.38. The Bertz CT molecular complexity index is 424. The van der Waals surface area contributed by atoms with E-state index in [1.165, 1.54) is 4.88 Å². The van der Waals surface area contributed by atoms with Crippen LogP contribution in [-0.2, 0) is 10.0 Å². The van der Waals surface area contributed by atoms with Crippen molar-refractivity contribution >= 4 is 21.4 Å². The molecule has 0 aromatic carbocycles. The number of hydrogen-bond donors (Lipinski definition) is 1. The van der Waals surface area contributed by atoms with Crippen LogP contribution in [0.5, 0.6) is 0 Å². The zero-order chi connectivity index (χ0) is 13.1. The zero-order valence-corrected chi connectivity index (χ0v) is 12.3. The van der Waals surface area contributed by atoms with E-state index in [4.69, 9.17) is 0 Å². The fourth-order valence-corrected chi connectivity index (χ4v) is 3.03. The van der Waals surface area contributed by atoms with Gasteiger partial charge in [-0.1, -0.05) is 6.07 Å². The summed E-state index contributed by atoms with van der Waals surface area (Å²) in [5, 5.41) is 1.61. The van der Waals surface area contributed by atoms with Crippen molar-refractivity contribution in [3.63, 3.8) is 0 Å². The first-order valence-electron chi connectivity index (χ1n) is 5.53. The first kappa shape index (κ1) is 14.6. The first-order chi connectivity index (χ1) is 7.84. The van der Waals surface area contributed by atoms with Gasteiger partial charge in [0.15, 0.2) is 0 Å². The zero-order valence-electron chi connectivity index (χ0n) is 10.7. The highest BCUT2D eigenvalue weighted by molar-refractivity contribution is 7.90. The van der Waals surface area contributed by atoms with Gasteiger partial charge in [0.1, 0.15) is 0 Å². The normalized spacial score (nSPS) is 14.5. The number of likely N-dealkylation sites (N-methyl/N-ethyl adjacent to an activating group) is 1. The van der Waals surface area contributed by atoms with E-state index in [9.17, 15) is 8.42 Å². The van der Waals surface area contributed by atoms with Crippen LogP contribution in [0.1, 0.15) is 24.8 Å². The molecule has 0 aliphatic carbocycles. The summed E-state index contributed by atoms with van der Waals surface area (Å²) < 4.78 is 26.1. The van der Waals surface area contributed by atoms with E-state index < -0.39 is 15.3 Å². The highest BCUT2D eigenvalue weighted by atomic mass is 32.2. The monoisotopic (exact) mass is 276 g/mol. The summed E-state index contributed by atoms with van der Waals surface area (Å²) in [6.45, 7) is 3.77. The molecule has 4 nitrogen and oxygen atoms in total. The minimum atomic E-state index is -3.19. The number of sulfonamides is 1. The lowest BCUT2D eigenvalue weighted by molar-refractivity contribution is 0.303. The topological polar surface area (TPSA) is 49.4 Å². The largest absolute Gasteiger partial charge is 0.300 e. The number of rotatable bonds is 6. The molecule has 0 spiro atoms. The SMILES string of the molecule is CC(C)S(=O)(=O)NCC(c1cccs1)N(C)C. The van der Waals surface area contributed by atoms with Crippen molar-refractivity contribution in [3.8, 4) is 0 Å². The summed E-state index contributed by atoms with van der Waals surface area (Å²) in [6, 6.07) is 4.09.